The molecule has 0 saturated heterocycles. The highest BCUT2D eigenvalue weighted by molar-refractivity contribution is 9.11. The smallest absolute Gasteiger partial charge is 0.310 e. The average Bonchev–Trinajstić information content (AvgIpc) is 1.96. The first-order valence-corrected chi connectivity index (χ1v) is 5.19. The van der Waals surface area contributed by atoms with Crippen LogP contribution >= 0.6 is 15.9 Å². The molecule has 0 aromatic carbocycles. The minimum atomic E-state index is -0.700. The van der Waals surface area contributed by atoms with Gasteiger partial charge in [0.2, 0.25) is 0 Å². The van der Waals surface area contributed by atoms with Gasteiger partial charge in [0.25, 0.3) is 0 Å². The van der Waals surface area contributed by atoms with Gasteiger partial charge in [0.1, 0.15) is 0 Å². The number of carbonyl (C=O) groups is 1. The number of carboxylic acids is 1. The molecular weight excluding hydrogens is 232 g/mol. The first-order chi connectivity index (χ1) is 5.79. The maximum Gasteiger partial charge on any atom is 0.310 e. The summed E-state index contributed by atoms with van der Waals surface area (Å²) in [5.74, 6) is -0.700. The Bertz CT molecular complexity index is 268. The number of aliphatic carboxylic acids is 1. The minimum absolute atomic E-state index is 0.282. The fourth-order valence-corrected chi connectivity index (χ4v) is 2.47. The molecule has 1 atom stereocenters. The van der Waals surface area contributed by atoms with Crippen LogP contribution in [0.5, 0.6) is 0 Å². The lowest BCUT2D eigenvalue weighted by atomic mass is 9.62. The Balaban J connectivity index is 3.10. The Morgan fingerprint density at radius 3 is 2.46 bits per heavy atom. The van der Waals surface area contributed by atoms with Gasteiger partial charge in [0.15, 0.2) is 0 Å². The Kier molecular flexibility index (Phi) is 2.59. The third kappa shape index (κ3) is 1.66. The molecule has 0 bridgehead atoms. The Hall–Kier alpha value is -0.310. The molecule has 1 N–H and O–H groups in total. The predicted molar refractivity (Wildman–Crippen MR) is 55.8 cm³/mol. The molecule has 0 saturated carbocycles. The van der Waals surface area contributed by atoms with Gasteiger partial charge < -0.3 is 5.11 Å². The zero-order chi connectivity index (χ0) is 10.3. The summed E-state index contributed by atoms with van der Waals surface area (Å²) < 4.78 is 1.12. The monoisotopic (exact) mass is 246 g/mol. The maximum absolute atomic E-state index is 11.2. The van der Waals surface area contributed by atoms with E-state index in [1.165, 1.54) is 0 Å². The van der Waals surface area contributed by atoms with Crippen LogP contribution in [0.15, 0.2) is 10.6 Å². The molecule has 0 amide bonds. The summed E-state index contributed by atoms with van der Waals surface area (Å²) in [7, 11) is 0. The van der Waals surface area contributed by atoms with Gasteiger partial charge in [-0.1, -0.05) is 35.9 Å². The zero-order valence-electron chi connectivity index (χ0n) is 8.22. The van der Waals surface area contributed by atoms with Crippen molar-refractivity contribution < 1.29 is 9.90 Å². The van der Waals surface area contributed by atoms with E-state index in [9.17, 15) is 9.90 Å². The van der Waals surface area contributed by atoms with Crippen LogP contribution in [0.2, 0.25) is 0 Å². The largest absolute Gasteiger partial charge is 0.481 e. The van der Waals surface area contributed by atoms with Crippen LogP contribution in [0, 0.1) is 10.8 Å². The molecule has 3 heteroatoms. The summed E-state index contributed by atoms with van der Waals surface area (Å²) in [5.41, 5.74) is -0.916. The van der Waals surface area contributed by atoms with Gasteiger partial charge in [-0.05, 0) is 29.7 Å². The van der Waals surface area contributed by atoms with Crippen molar-refractivity contribution in [2.75, 3.05) is 0 Å². The molecule has 1 aliphatic rings. The molecule has 0 spiro atoms. The Morgan fingerprint density at radius 2 is 2.08 bits per heavy atom. The molecule has 0 fully saturated rings. The van der Waals surface area contributed by atoms with Crippen molar-refractivity contribution in [2.24, 2.45) is 10.8 Å². The van der Waals surface area contributed by atoms with Crippen LogP contribution in [-0.4, -0.2) is 11.1 Å². The summed E-state index contributed by atoms with van der Waals surface area (Å²) in [6.07, 6.45) is 3.54. The van der Waals surface area contributed by atoms with Crippen molar-refractivity contribution in [1.29, 1.82) is 0 Å². The van der Waals surface area contributed by atoms with Crippen LogP contribution in [0.3, 0.4) is 0 Å². The fourth-order valence-electron chi connectivity index (χ4n) is 1.70. The molecule has 0 unspecified atom stereocenters. The highest BCUT2D eigenvalue weighted by Crippen LogP contribution is 2.49. The van der Waals surface area contributed by atoms with E-state index in [1.807, 2.05) is 26.8 Å². The molecule has 0 aromatic rings. The highest BCUT2D eigenvalue weighted by Gasteiger charge is 2.47. The van der Waals surface area contributed by atoms with E-state index < -0.39 is 11.4 Å². The van der Waals surface area contributed by atoms with Gasteiger partial charge in [-0.3, -0.25) is 4.79 Å². The molecule has 13 heavy (non-hydrogen) atoms. The summed E-state index contributed by atoms with van der Waals surface area (Å²) >= 11 is 3.43. The molecule has 0 heterocycles. The van der Waals surface area contributed by atoms with Crippen molar-refractivity contribution in [3.63, 3.8) is 0 Å². The molecule has 0 aliphatic heterocycles. The second-order valence-electron chi connectivity index (χ2n) is 4.45. The standard InChI is InChI=1S/C10H15BrO2/c1-9(2)6-7(11)4-5-10(9,3)8(12)13/h6H,4-5H2,1-3H3,(H,12,13)/t10-/m0/s1. The highest BCUT2D eigenvalue weighted by atomic mass is 79.9. The van der Waals surface area contributed by atoms with Crippen LogP contribution < -0.4 is 0 Å². The summed E-state index contributed by atoms with van der Waals surface area (Å²) in [6.45, 7) is 5.77. The Morgan fingerprint density at radius 1 is 1.54 bits per heavy atom. The first-order valence-electron chi connectivity index (χ1n) is 4.40. The topological polar surface area (TPSA) is 37.3 Å². The number of allylic oxidation sites excluding steroid dienone is 2. The van der Waals surface area contributed by atoms with E-state index in [-0.39, 0.29) is 5.41 Å². The lowest BCUT2D eigenvalue weighted by Gasteiger charge is -2.42. The van der Waals surface area contributed by atoms with Gasteiger partial charge in [-0.25, -0.2) is 0 Å². The van der Waals surface area contributed by atoms with Crippen molar-refractivity contribution in [1.82, 2.24) is 0 Å². The summed E-state index contributed by atoms with van der Waals surface area (Å²) in [6, 6.07) is 0. The maximum atomic E-state index is 11.2. The second kappa shape index (κ2) is 3.12. The van der Waals surface area contributed by atoms with Crippen LogP contribution in [0.1, 0.15) is 33.6 Å². The molecule has 2 nitrogen and oxygen atoms in total. The van der Waals surface area contributed by atoms with E-state index in [1.54, 1.807) is 0 Å². The quantitative estimate of drug-likeness (QED) is 0.772. The first kappa shape index (κ1) is 10.8. The van der Waals surface area contributed by atoms with Crippen LogP contribution in [0.4, 0.5) is 0 Å². The summed E-state index contributed by atoms with van der Waals surface area (Å²) in [4.78, 5) is 11.2. The lowest BCUT2D eigenvalue weighted by Crippen LogP contribution is -2.42. The molecule has 0 aromatic heterocycles. The van der Waals surface area contributed by atoms with E-state index in [0.717, 1.165) is 10.9 Å². The van der Waals surface area contributed by atoms with Gasteiger partial charge in [-0.2, -0.15) is 0 Å². The van der Waals surface area contributed by atoms with Gasteiger partial charge in [0, 0.05) is 0 Å². The van der Waals surface area contributed by atoms with Crippen LogP contribution in [0.25, 0.3) is 0 Å². The number of halogens is 1. The van der Waals surface area contributed by atoms with E-state index in [2.05, 4.69) is 15.9 Å². The zero-order valence-corrected chi connectivity index (χ0v) is 9.81. The third-order valence-corrected chi connectivity index (χ3v) is 3.90. The summed E-state index contributed by atoms with van der Waals surface area (Å²) in [5, 5.41) is 9.17. The normalized spacial score (nSPS) is 32.5. The van der Waals surface area contributed by atoms with Crippen molar-refractivity contribution in [3.05, 3.63) is 10.6 Å². The number of hydrogen-bond acceptors (Lipinski definition) is 1. The van der Waals surface area contributed by atoms with E-state index in [4.69, 9.17) is 0 Å². The van der Waals surface area contributed by atoms with Crippen molar-refractivity contribution in [2.45, 2.75) is 33.6 Å². The Labute approximate surface area is 87.2 Å². The molecule has 74 valence electrons. The SMILES string of the molecule is CC1(C)C=C(Br)CC[C@@]1(C)C(=O)O. The molecular formula is C10H15BrO2. The van der Waals surface area contributed by atoms with E-state index >= 15 is 0 Å². The van der Waals surface area contributed by atoms with Gasteiger partial charge in [-0.15, -0.1) is 0 Å². The van der Waals surface area contributed by atoms with Gasteiger partial charge >= 0.3 is 5.97 Å². The fraction of sp³-hybridized carbons (Fsp3) is 0.700. The van der Waals surface area contributed by atoms with Crippen LogP contribution in [-0.2, 0) is 4.79 Å². The molecule has 0 radical (unpaired) electrons. The predicted octanol–water partition coefficient (Wildman–Crippen LogP) is 3.18. The van der Waals surface area contributed by atoms with E-state index in [0.29, 0.717) is 6.42 Å². The number of hydrogen-bond donors (Lipinski definition) is 1. The number of rotatable bonds is 1. The minimum Gasteiger partial charge on any atom is -0.481 e. The number of carboxylic acid groups (broad SMARTS) is 1. The molecule has 1 rings (SSSR count). The molecule has 1 aliphatic carbocycles. The van der Waals surface area contributed by atoms with Gasteiger partial charge in [0.05, 0.1) is 5.41 Å². The lowest BCUT2D eigenvalue weighted by molar-refractivity contribution is -0.154. The second-order valence-corrected chi connectivity index (χ2v) is 5.47. The average molecular weight is 247 g/mol. The third-order valence-electron chi connectivity index (χ3n) is 3.28. The van der Waals surface area contributed by atoms with Crippen molar-refractivity contribution >= 4 is 21.9 Å². The van der Waals surface area contributed by atoms with Crippen molar-refractivity contribution in [3.8, 4) is 0 Å².